The first-order valence-corrected chi connectivity index (χ1v) is 8.41. The number of aliphatic hydroxyl groups excluding tert-OH is 1. The summed E-state index contributed by atoms with van der Waals surface area (Å²) in [4.78, 5) is 4.82. The molecule has 1 heterocycles. The summed E-state index contributed by atoms with van der Waals surface area (Å²) >= 11 is 0. The van der Waals surface area contributed by atoms with E-state index in [2.05, 4.69) is 41.8 Å². The van der Waals surface area contributed by atoms with Crippen LogP contribution in [0.25, 0.3) is 0 Å². The smallest absolute Gasteiger partial charge is 0.0916 e. The summed E-state index contributed by atoms with van der Waals surface area (Å²) in [5.41, 5.74) is 5.02. The van der Waals surface area contributed by atoms with Gasteiger partial charge in [0.05, 0.1) is 6.10 Å². The Hall–Kier alpha value is -1.84. The van der Waals surface area contributed by atoms with Crippen LogP contribution in [0.3, 0.4) is 0 Å². The van der Waals surface area contributed by atoms with E-state index in [-0.39, 0.29) is 0 Å². The third-order valence-corrected chi connectivity index (χ3v) is 4.68. The molecule has 1 aliphatic heterocycles. The molecule has 1 atom stereocenters. The molecule has 122 valence electrons. The van der Waals surface area contributed by atoms with Gasteiger partial charge in [-0.15, -0.1) is 0 Å². The Labute approximate surface area is 139 Å². The summed E-state index contributed by atoms with van der Waals surface area (Å²) < 4.78 is 0. The van der Waals surface area contributed by atoms with E-state index in [1.807, 2.05) is 30.3 Å². The lowest BCUT2D eigenvalue weighted by Crippen LogP contribution is -2.47. The fourth-order valence-electron chi connectivity index (χ4n) is 3.36. The Bertz CT molecular complexity index is 633. The average Bonchev–Trinajstić information content (AvgIpc) is 2.57. The van der Waals surface area contributed by atoms with Crippen molar-refractivity contribution in [2.75, 3.05) is 37.6 Å². The van der Waals surface area contributed by atoms with Gasteiger partial charge in [0.15, 0.2) is 0 Å². The molecule has 3 nitrogen and oxygen atoms in total. The molecule has 0 spiro atoms. The SMILES string of the molecule is Cc1ccc(N2CCN(C[C@@H](O)c3ccccc3)CC2)c(C)c1. The highest BCUT2D eigenvalue weighted by Gasteiger charge is 2.20. The monoisotopic (exact) mass is 310 g/mol. The molecule has 0 amide bonds. The topological polar surface area (TPSA) is 26.7 Å². The van der Waals surface area contributed by atoms with Gasteiger partial charge in [-0.05, 0) is 31.0 Å². The summed E-state index contributed by atoms with van der Waals surface area (Å²) in [5.74, 6) is 0. The van der Waals surface area contributed by atoms with E-state index in [1.165, 1.54) is 16.8 Å². The number of rotatable bonds is 4. The van der Waals surface area contributed by atoms with Gasteiger partial charge < -0.3 is 10.0 Å². The highest BCUT2D eigenvalue weighted by molar-refractivity contribution is 5.54. The van der Waals surface area contributed by atoms with Gasteiger partial charge >= 0.3 is 0 Å². The van der Waals surface area contributed by atoms with Crippen molar-refractivity contribution in [1.29, 1.82) is 0 Å². The van der Waals surface area contributed by atoms with E-state index in [1.54, 1.807) is 0 Å². The third-order valence-electron chi connectivity index (χ3n) is 4.68. The number of benzene rings is 2. The van der Waals surface area contributed by atoms with Gasteiger partial charge in [0, 0.05) is 38.4 Å². The number of nitrogens with zero attached hydrogens (tertiary/aromatic N) is 2. The predicted octanol–water partition coefficient (Wildman–Crippen LogP) is 3.16. The van der Waals surface area contributed by atoms with Gasteiger partial charge in [0.2, 0.25) is 0 Å². The molecule has 0 bridgehead atoms. The molecule has 1 aliphatic rings. The fraction of sp³-hybridized carbons (Fsp3) is 0.400. The molecule has 0 aromatic heterocycles. The summed E-state index contributed by atoms with van der Waals surface area (Å²) in [6.07, 6.45) is -0.399. The number of anilines is 1. The summed E-state index contributed by atoms with van der Waals surface area (Å²) in [7, 11) is 0. The zero-order valence-corrected chi connectivity index (χ0v) is 14.1. The van der Waals surface area contributed by atoms with E-state index in [0.717, 1.165) is 31.7 Å². The lowest BCUT2D eigenvalue weighted by Gasteiger charge is -2.37. The van der Waals surface area contributed by atoms with Crippen molar-refractivity contribution in [3.8, 4) is 0 Å². The van der Waals surface area contributed by atoms with Crippen LogP contribution in [-0.2, 0) is 0 Å². The van der Waals surface area contributed by atoms with Gasteiger partial charge in [-0.2, -0.15) is 0 Å². The number of aliphatic hydroxyl groups is 1. The van der Waals surface area contributed by atoms with Crippen molar-refractivity contribution < 1.29 is 5.11 Å². The van der Waals surface area contributed by atoms with Gasteiger partial charge in [-0.3, -0.25) is 4.90 Å². The molecule has 0 aliphatic carbocycles. The van der Waals surface area contributed by atoms with E-state index >= 15 is 0 Å². The molecule has 1 fully saturated rings. The summed E-state index contributed by atoms with van der Waals surface area (Å²) in [6, 6.07) is 16.6. The van der Waals surface area contributed by atoms with Crippen LogP contribution in [0.4, 0.5) is 5.69 Å². The predicted molar refractivity (Wildman–Crippen MR) is 96.0 cm³/mol. The van der Waals surface area contributed by atoms with Crippen molar-refractivity contribution in [2.45, 2.75) is 20.0 Å². The number of aryl methyl sites for hydroxylation is 2. The molecule has 0 radical (unpaired) electrons. The van der Waals surface area contributed by atoms with Crippen molar-refractivity contribution in [2.24, 2.45) is 0 Å². The first-order chi connectivity index (χ1) is 11.1. The molecule has 1 saturated heterocycles. The van der Waals surface area contributed by atoms with E-state index < -0.39 is 6.10 Å². The number of hydrogen-bond acceptors (Lipinski definition) is 3. The second kappa shape index (κ2) is 7.16. The summed E-state index contributed by atoms with van der Waals surface area (Å²) in [6.45, 7) is 9.07. The number of hydrogen-bond donors (Lipinski definition) is 1. The maximum atomic E-state index is 10.4. The van der Waals surface area contributed by atoms with E-state index in [4.69, 9.17) is 0 Å². The van der Waals surface area contributed by atoms with Gasteiger partial charge in [-0.25, -0.2) is 0 Å². The molecular weight excluding hydrogens is 284 g/mol. The van der Waals surface area contributed by atoms with Crippen LogP contribution >= 0.6 is 0 Å². The van der Waals surface area contributed by atoms with Gasteiger partial charge in [0.25, 0.3) is 0 Å². The van der Waals surface area contributed by atoms with Crippen molar-refractivity contribution in [3.05, 3.63) is 65.2 Å². The van der Waals surface area contributed by atoms with E-state index in [0.29, 0.717) is 6.54 Å². The molecular formula is C20H26N2O. The van der Waals surface area contributed by atoms with Crippen LogP contribution in [0.5, 0.6) is 0 Å². The fourth-order valence-corrected chi connectivity index (χ4v) is 3.36. The van der Waals surface area contributed by atoms with Crippen molar-refractivity contribution in [1.82, 2.24) is 4.90 Å². The van der Waals surface area contributed by atoms with Crippen LogP contribution < -0.4 is 4.90 Å². The quantitative estimate of drug-likeness (QED) is 0.940. The third kappa shape index (κ3) is 3.92. The Balaban J connectivity index is 1.56. The minimum Gasteiger partial charge on any atom is -0.387 e. The lowest BCUT2D eigenvalue weighted by molar-refractivity contribution is 0.109. The van der Waals surface area contributed by atoms with Gasteiger partial charge in [-0.1, -0.05) is 48.0 Å². The number of β-amino-alcohol motifs (C(OH)–C–C–N with tert-alkyl or cyclic N) is 1. The lowest BCUT2D eigenvalue weighted by atomic mass is 10.1. The van der Waals surface area contributed by atoms with Crippen LogP contribution in [0, 0.1) is 13.8 Å². The van der Waals surface area contributed by atoms with Crippen LogP contribution in [0.2, 0.25) is 0 Å². The van der Waals surface area contributed by atoms with E-state index in [9.17, 15) is 5.11 Å². The second-order valence-corrected chi connectivity index (χ2v) is 6.50. The van der Waals surface area contributed by atoms with Crippen LogP contribution in [0.1, 0.15) is 22.8 Å². The normalized spacial score (nSPS) is 17.3. The zero-order chi connectivity index (χ0) is 16.2. The Morgan fingerprint density at radius 2 is 1.65 bits per heavy atom. The molecule has 2 aromatic rings. The highest BCUT2D eigenvalue weighted by Crippen LogP contribution is 2.23. The van der Waals surface area contributed by atoms with Gasteiger partial charge in [0.1, 0.15) is 0 Å². The Morgan fingerprint density at radius 3 is 2.30 bits per heavy atom. The van der Waals surface area contributed by atoms with Crippen molar-refractivity contribution >= 4 is 5.69 Å². The molecule has 2 aromatic carbocycles. The first kappa shape index (κ1) is 16.0. The molecule has 0 unspecified atom stereocenters. The second-order valence-electron chi connectivity index (χ2n) is 6.50. The van der Waals surface area contributed by atoms with Crippen LogP contribution in [-0.4, -0.2) is 42.7 Å². The molecule has 1 N–H and O–H groups in total. The van der Waals surface area contributed by atoms with Crippen LogP contribution in [0.15, 0.2) is 48.5 Å². The molecule has 3 heteroatoms. The summed E-state index contributed by atoms with van der Waals surface area (Å²) in [5, 5.41) is 10.4. The molecule has 0 saturated carbocycles. The highest BCUT2D eigenvalue weighted by atomic mass is 16.3. The zero-order valence-electron chi connectivity index (χ0n) is 14.1. The standard InChI is InChI=1S/C20H26N2O/c1-16-8-9-19(17(2)14-16)22-12-10-21(11-13-22)15-20(23)18-6-4-3-5-7-18/h3-9,14,20,23H,10-13,15H2,1-2H3/t20-/m1/s1. The maximum Gasteiger partial charge on any atom is 0.0916 e. The Morgan fingerprint density at radius 1 is 0.957 bits per heavy atom. The Kier molecular flexibility index (Phi) is 4.99. The minimum atomic E-state index is -0.399. The van der Waals surface area contributed by atoms with Crippen molar-refractivity contribution in [3.63, 3.8) is 0 Å². The maximum absolute atomic E-state index is 10.4. The number of piperazine rings is 1. The molecule has 23 heavy (non-hydrogen) atoms. The first-order valence-electron chi connectivity index (χ1n) is 8.41. The largest absolute Gasteiger partial charge is 0.387 e. The minimum absolute atomic E-state index is 0.399. The molecule has 3 rings (SSSR count). The average molecular weight is 310 g/mol.